The monoisotopic (exact) mass is 436 g/mol. The average molecular weight is 438 g/mol. The minimum atomic E-state index is -0.164. The van der Waals surface area contributed by atoms with Gasteiger partial charge in [-0.05, 0) is 82.7 Å². The molecule has 1 fully saturated rings. The van der Waals surface area contributed by atoms with Gasteiger partial charge in [-0.1, -0.05) is 17.7 Å². The molecule has 2 aromatic carbocycles. The SMILES string of the molecule is CCOc1ccc(/C=C2\SC(=Nc3ccc(Cl)cc3)NC2=O)cc1Br. The summed E-state index contributed by atoms with van der Waals surface area (Å²) in [6, 6.07) is 12.8. The van der Waals surface area contributed by atoms with Crippen LogP contribution in [-0.4, -0.2) is 17.7 Å². The number of rotatable bonds is 4. The number of nitrogens with zero attached hydrogens (tertiary/aromatic N) is 1. The van der Waals surface area contributed by atoms with E-state index in [1.54, 1.807) is 24.3 Å². The second-order valence-electron chi connectivity index (χ2n) is 5.08. The van der Waals surface area contributed by atoms with Crippen molar-refractivity contribution >= 4 is 62.1 Å². The van der Waals surface area contributed by atoms with Crippen LogP contribution in [0.3, 0.4) is 0 Å². The molecular weight excluding hydrogens is 424 g/mol. The van der Waals surface area contributed by atoms with Gasteiger partial charge in [0.2, 0.25) is 0 Å². The zero-order valence-electron chi connectivity index (χ0n) is 13.3. The van der Waals surface area contributed by atoms with Crippen LogP contribution in [0.1, 0.15) is 12.5 Å². The smallest absolute Gasteiger partial charge is 0.264 e. The Kier molecular flexibility index (Phi) is 5.83. The number of carbonyl (C=O) groups is 1. The molecule has 1 aliphatic heterocycles. The first-order valence-corrected chi connectivity index (χ1v) is 9.51. The Morgan fingerprint density at radius 3 is 2.72 bits per heavy atom. The summed E-state index contributed by atoms with van der Waals surface area (Å²) in [6.45, 7) is 2.53. The van der Waals surface area contributed by atoms with Gasteiger partial charge in [-0.25, -0.2) is 4.99 Å². The highest BCUT2D eigenvalue weighted by molar-refractivity contribution is 9.10. The molecule has 0 saturated carbocycles. The van der Waals surface area contributed by atoms with Crippen molar-refractivity contribution in [3.05, 3.63) is 62.4 Å². The van der Waals surface area contributed by atoms with Crippen LogP contribution in [0.5, 0.6) is 5.75 Å². The predicted molar refractivity (Wildman–Crippen MR) is 108 cm³/mol. The van der Waals surface area contributed by atoms with Crippen molar-refractivity contribution in [3.63, 3.8) is 0 Å². The number of aliphatic imine (C=N–C) groups is 1. The lowest BCUT2D eigenvalue weighted by Crippen LogP contribution is -2.19. The zero-order chi connectivity index (χ0) is 17.8. The minimum absolute atomic E-state index is 0.164. The number of nitrogens with one attached hydrogen (secondary N) is 1. The van der Waals surface area contributed by atoms with Gasteiger partial charge in [0, 0.05) is 5.02 Å². The number of amidine groups is 1. The Balaban J connectivity index is 1.79. The molecule has 7 heteroatoms. The summed E-state index contributed by atoms with van der Waals surface area (Å²) in [6.07, 6.45) is 1.82. The van der Waals surface area contributed by atoms with E-state index in [1.807, 2.05) is 31.2 Å². The number of hydrogen-bond acceptors (Lipinski definition) is 4. The quantitative estimate of drug-likeness (QED) is 0.652. The average Bonchev–Trinajstić information content (AvgIpc) is 2.92. The first kappa shape index (κ1) is 18.0. The van der Waals surface area contributed by atoms with Gasteiger partial charge in [0.25, 0.3) is 5.91 Å². The Bertz CT molecular complexity index is 866. The van der Waals surface area contributed by atoms with Crippen LogP contribution in [0.15, 0.2) is 56.8 Å². The minimum Gasteiger partial charge on any atom is -0.493 e. The van der Waals surface area contributed by atoms with E-state index in [1.165, 1.54) is 11.8 Å². The molecule has 1 aliphatic rings. The Labute approximate surface area is 163 Å². The van der Waals surface area contributed by atoms with E-state index in [0.29, 0.717) is 21.7 Å². The number of halogens is 2. The highest BCUT2D eigenvalue weighted by atomic mass is 79.9. The maximum atomic E-state index is 12.1. The molecule has 0 aliphatic carbocycles. The molecule has 0 spiro atoms. The van der Waals surface area contributed by atoms with Crippen molar-refractivity contribution in [1.82, 2.24) is 5.32 Å². The first-order chi connectivity index (χ1) is 12.0. The molecular formula is C18H14BrClN2O2S. The number of thioether (sulfide) groups is 1. The Morgan fingerprint density at radius 2 is 2.04 bits per heavy atom. The summed E-state index contributed by atoms with van der Waals surface area (Å²) in [5, 5.41) is 3.96. The molecule has 0 bridgehead atoms. The van der Waals surface area contributed by atoms with Gasteiger partial charge in [0.05, 0.1) is 21.7 Å². The van der Waals surface area contributed by atoms with Crippen molar-refractivity contribution in [2.45, 2.75) is 6.92 Å². The van der Waals surface area contributed by atoms with Crippen LogP contribution in [0.2, 0.25) is 5.02 Å². The van der Waals surface area contributed by atoms with E-state index >= 15 is 0 Å². The van der Waals surface area contributed by atoms with Crippen LogP contribution in [0.4, 0.5) is 5.69 Å². The number of benzene rings is 2. The normalized spacial score (nSPS) is 17.2. The highest BCUT2D eigenvalue weighted by Crippen LogP contribution is 2.31. The summed E-state index contributed by atoms with van der Waals surface area (Å²) in [5.41, 5.74) is 1.64. The van der Waals surface area contributed by atoms with E-state index in [9.17, 15) is 4.79 Å². The summed E-state index contributed by atoms with van der Waals surface area (Å²) in [4.78, 5) is 17.2. The summed E-state index contributed by atoms with van der Waals surface area (Å²) in [7, 11) is 0. The lowest BCUT2D eigenvalue weighted by molar-refractivity contribution is -0.115. The maximum Gasteiger partial charge on any atom is 0.264 e. The molecule has 2 aromatic rings. The third-order valence-corrected chi connectivity index (χ3v) is 5.04. The van der Waals surface area contributed by atoms with Crippen LogP contribution >= 0.6 is 39.3 Å². The predicted octanol–water partition coefficient (Wildman–Crippen LogP) is 5.39. The molecule has 3 rings (SSSR count). The number of amides is 1. The molecule has 25 heavy (non-hydrogen) atoms. The lowest BCUT2D eigenvalue weighted by Gasteiger charge is -2.06. The van der Waals surface area contributed by atoms with E-state index in [-0.39, 0.29) is 5.91 Å². The van der Waals surface area contributed by atoms with Crippen LogP contribution < -0.4 is 10.1 Å². The van der Waals surface area contributed by atoms with E-state index < -0.39 is 0 Å². The fraction of sp³-hybridized carbons (Fsp3) is 0.111. The standard InChI is InChI=1S/C18H14BrClN2O2S/c1-2-24-15-8-3-11(9-14(15)19)10-16-17(23)22-18(25-16)21-13-6-4-12(20)5-7-13/h3-10H,2H2,1H3,(H,21,22,23)/b16-10-. The van der Waals surface area contributed by atoms with Gasteiger partial charge in [0.15, 0.2) is 5.17 Å². The van der Waals surface area contributed by atoms with Gasteiger partial charge in [-0.15, -0.1) is 0 Å². The summed E-state index contributed by atoms with van der Waals surface area (Å²) < 4.78 is 6.34. The molecule has 0 unspecified atom stereocenters. The second kappa shape index (κ2) is 8.08. The van der Waals surface area contributed by atoms with Gasteiger partial charge >= 0.3 is 0 Å². The van der Waals surface area contributed by atoms with Crippen molar-refractivity contribution in [2.75, 3.05) is 6.61 Å². The van der Waals surface area contributed by atoms with Crippen molar-refractivity contribution in [1.29, 1.82) is 0 Å². The molecule has 1 amide bonds. The molecule has 128 valence electrons. The number of hydrogen-bond donors (Lipinski definition) is 1. The van der Waals surface area contributed by atoms with Crippen LogP contribution in [-0.2, 0) is 4.79 Å². The summed E-state index contributed by atoms with van der Waals surface area (Å²) >= 11 is 10.6. The molecule has 1 heterocycles. The molecule has 1 N–H and O–H groups in total. The van der Waals surface area contributed by atoms with E-state index in [2.05, 4.69) is 26.2 Å². The molecule has 4 nitrogen and oxygen atoms in total. The fourth-order valence-electron chi connectivity index (χ4n) is 2.14. The van der Waals surface area contributed by atoms with Gasteiger partial charge in [0.1, 0.15) is 5.75 Å². The second-order valence-corrected chi connectivity index (χ2v) is 7.40. The van der Waals surface area contributed by atoms with E-state index in [0.717, 1.165) is 21.5 Å². The molecule has 0 atom stereocenters. The van der Waals surface area contributed by atoms with Crippen LogP contribution in [0, 0.1) is 0 Å². The third kappa shape index (κ3) is 4.66. The highest BCUT2D eigenvalue weighted by Gasteiger charge is 2.23. The van der Waals surface area contributed by atoms with Gasteiger partial charge in [-0.3, -0.25) is 4.79 Å². The van der Waals surface area contributed by atoms with Crippen molar-refractivity contribution in [2.24, 2.45) is 4.99 Å². The molecule has 0 aromatic heterocycles. The topological polar surface area (TPSA) is 50.7 Å². The molecule has 0 radical (unpaired) electrons. The van der Waals surface area contributed by atoms with Crippen molar-refractivity contribution < 1.29 is 9.53 Å². The van der Waals surface area contributed by atoms with Crippen LogP contribution in [0.25, 0.3) is 6.08 Å². The van der Waals surface area contributed by atoms with E-state index in [4.69, 9.17) is 16.3 Å². The van der Waals surface area contributed by atoms with Gasteiger partial charge in [-0.2, -0.15) is 0 Å². The lowest BCUT2D eigenvalue weighted by atomic mass is 10.2. The molecule has 1 saturated heterocycles. The maximum absolute atomic E-state index is 12.1. The fourth-order valence-corrected chi connectivity index (χ4v) is 3.62. The number of ether oxygens (including phenoxy) is 1. The Morgan fingerprint density at radius 1 is 1.28 bits per heavy atom. The number of carbonyl (C=O) groups excluding carboxylic acids is 1. The Hall–Kier alpha value is -1.76. The van der Waals surface area contributed by atoms with Gasteiger partial charge < -0.3 is 10.1 Å². The zero-order valence-corrected chi connectivity index (χ0v) is 16.4. The van der Waals surface area contributed by atoms with Crippen molar-refractivity contribution in [3.8, 4) is 5.75 Å². The first-order valence-electron chi connectivity index (χ1n) is 7.52. The third-order valence-electron chi connectivity index (χ3n) is 3.26. The largest absolute Gasteiger partial charge is 0.493 e. The summed E-state index contributed by atoms with van der Waals surface area (Å²) in [5.74, 6) is 0.612.